The lowest BCUT2D eigenvalue weighted by atomic mass is 9.95. The zero-order valence-electron chi connectivity index (χ0n) is 14.4. The van der Waals surface area contributed by atoms with Gasteiger partial charge in [-0.15, -0.1) is 11.3 Å². The number of esters is 1. The Morgan fingerprint density at radius 1 is 1.28 bits per heavy atom. The van der Waals surface area contributed by atoms with Crippen molar-refractivity contribution in [2.24, 2.45) is 0 Å². The summed E-state index contributed by atoms with van der Waals surface area (Å²) in [6.45, 7) is 0. The minimum atomic E-state index is -0.289. The first-order valence-electron chi connectivity index (χ1n) is 8.95. The van der Waals surface area contributed by atoms with E-state index in [4.69, 9.17) is 9.72 Å². The van der Waals surface area contributed by atoms with Crippen molar-refractivity contribution in [3.8, 4) is 0 Å². The molecule has 4 rings (SSSR count). The highest BCUT2D eigenvalue weighted by Crippen LogP contribution is 2.37. The van der Waals surface area contributed by atoms with Gasteiger partial charge in [-0.1, -0.05) is 31.0 Å². The molecule has 2 aliphatic carbocycles. The van der Waals surface area contributed by atoms with Crippen LogP contribution >= 0.6 is 23.1 Å². The molecule has 25 heavy (non-hydrogen) atoms. The van der Waals surface area contributed by atoms with Gasteiger partial charge in [0.25, 0.3) is 5.56 Å². The van der Waals surface area contributed by atoms with E-state index in [-0.39, 0.29) is 23.3 Å². The molecule has 134 valence electrons. The SMILES string of the molecule is COC(=O)CSc1nc2sc3c(c2c(=O)n1C1CCCCC1)CCC3. The van der Waals surface area contributed by atoms with Gasteiger partial charge in [-0.05, 0) is 37.7 Å². The maximum atomic E-state index is 13.4. The molecule has 2 aliphatic rings. The van der Waals surface area contributed by atoms with E-state index in [9.17, 15) is 9.59 Å². The van der Waals surface area contributed by atoms with Crippen LogP contribution in [0.5, 0.6) is 0 Å². The summed E-state index contributed by atoms with van der Waals surface area (Å²) < 4.78 is 6.64. The summed E-state index contributed by atoms with van der Waals surface area (Å²) in [5, 5.41) is 1.51. The number of fused-ring (bicyclic) bond motifs is 3. The quantitative estimate of drug-likeness (QED) is 0.461. The molecule has 7 heteroatoms. The molecule has 0 spiro atoms. The Kier molecular flexibility index (Phi) is 4.86. The third-order valence-electron chi connectivity index (χ3n) is 5.23. The lowest BCUT2D eigenvalue weighted by molar-refractivity contribution is -0.137. The van der Waals surface area contributed by atoms with Crippen molar-refractivity contribution >= 4 is 39.3 Å². The molecular formula is C18H22N2O3S2. The van der Waals surface area contributed by atoms with Gasteiger partial charge >= 0.3 is 5.97 Å². The number of thioether (sulfide) groups is 1. The summed E-state index contributed by atoms with van der Waals surface area (Å²) in [6.07, 6.45) is 8.76. The zero-order valence-corrected chi connectivity index (χ0v) is 16.0. The largest absolute Gasteiger partial charge is 0.468 e. The number of thiophene rings is 1. The molecule has 1 saturated carbocycles. The highest BCUT2D eigenvalue weighted by atomic mass is 32.2. The number of aryl methyl sites for hydroxylation is 2. The molecule has 0 unspecified atom stereocenters. The first kappa shape index (κ1) is 17.1. The number of rotatable bonds is 4. The fourth-order valence-electron chi connectivity index (χ4n) is 3.98. The molecule has 0 amide bonds. The Hall–Kier alpha value is -1.34. The van der Waals surface area contributed by atoms with Crippen LogP contribution in [-0.2, 0) is 22.4 Å². The van der Waals surface area contributed by atoms with E-state index in [1.165, 1.54) is 35.7 Å². The monoisotopic (exact) mass is 378 g/mol. The summed E-state index contributed by atoms with van der Waals surface area (Å²) in [6, 6.07) is 0.204. The molecule has 2 heterocycles. The predicted molar refractivity (Wildman–Crippen MR) is 101 cm³/mol. The van der Waals surface area contributed by atoms with Gasteiger partial charge in [0, 0.05) is 10.9 Å². The standard InChI is InChI=1S/C18H22N2O3S2/c1-23-14(21)10-24-18-19-16-15(12-8-5-9-13(12)25-16)17(22)20(18)11-6-3-2-4-7-11/h11H,2-10H2,1H3. The summed E-state index contributed by atoms with van der Waals surface area (Å²) >= 11 is 2.98. The smallest absolute Gasteiger partial charge is 0.316 e. The van der Waals surface area contributed by atoms with Gasteiger partial charge in [0.15, 0.2) is 5.16 Å². The number of hydrogen-bond acceptors (Lipinski definition) is 6. The van der Waals surface area contributed by atoms with Crippen LogP contribution in [-0.4, -0.2) is 28.4 Å². The second-order valence-electron chi connectivity index (χ2n) is 6.76. The van der Waals surface area contributed by atoms with Crippen LogP contribution in [0, 0.1) is 0 Å². The average Bonchev–Trinajstić information content (AvgIpc) is 3.21. The van der Waals surface area contributed by atoms with Gasteiger partial charge in [0.05, 0.1) is 18.2 Å². The first-order valence-corrected chi connectivity index (χ1v) is 10.8. The Bertz CT molecular complexity index is 865. The van der Waals surface area contributed by atoms with Crippen LogP contribution in [0.4, 0.5) is 0 Å². The fraction of sp³-hybridized carbons (Fsp3) is 0.611. The van der Waals surface area contributed by atoms with Gasteiger partial charge in [-0.25, -0.2) is 4.98 Å². The van der Waals surface area contributed by atoms with Gasteiger partial charge < -0.3 is 4.74 Å². The van der Waals surface area contributed by atoms with Crippen LogP contribution in [0.25, 0.3) is 10.2 Å². The molecule has 5 nitrogen and oxygen atoms in total. The van der Waals surface area contributed by atoms with E-state index in [2.05, 4.69) is 0 Å². The maximum absolute atomic E-state index is 13.4. The van der Waals surface area contributed by atoms with Crippen molar-refractivity contribution in [3.63, 3.8) is 0 Å². The molecule has 0 saturated heterocycles. The summed E-state index contributed by atoms with van der Waals surface area (Å²) in [7, 11) is 1.39. The molecule has 0 radical (unpaired) electrons. The Morgan fingerprint density at radius 2 is 2.08 bits per heavy atom. The number of methoxy groups -OCH3 is 1. The normalized spacial score (nSPS) is 17.8. The molecule has 1 fully saturated rings. The van der Waals surface area contributed by atoms with E-state index in [0.29, 0.717) is 5.16 Å². The topological polar surface area (TPSA) is 61.2 Å². The van der Waals surface area contributed by atoms with Gasteiger partial charge in [-0.3, -0.25) is 14.2 Å². The van der Waals surface area contributed by atoms with E-state index >= 15 is 0 Å². The Labute approximate surface area is 154 Å². The Balaban J connectivity index is 1.83. The molecule has 0 atom stereocenters. The van der Waals surface area contributed by atoms with Crippen molar-refractivity contribution in [2.75, 3.05) is 12.9 Å². The molecule has 0 N–H and O–H groups in total. The van der Waals surface area contributed by atoms with E-state index < -0.39 is 0 Å². The summed E-state index contributed by atoms with van der Waals surface area (Å²) in [5.74, 6) is -0.102. The summed E-state index contributed by atoms with van der Waals surface area (Å²) in [4.78, 5) is 31.9. The summed E-state index contributed by atoms with van der Waals surface area (Å²) in [5.41, 5.74) is 1.33. The molecule has 2 aromatic rings. The van der Waals surface area contributed by atoms with Gasteiger partial charge in [-0.2, -0.15) is 0 Å². The van der Waals surface area contributed by atoms with Crippen molar-refractivity contribution in [1.29, 1.82) is 0 Å². The number of ether oxygens (including phenoxy) is 1. The van der Waals surface area contributed by atoms with E-state index in [1.54, 1.807) is 11.3 Å². The second kappa shape index (κ2) is 7.11. The van der Waals surface area contributed by atoms with Crippen LogP contribution in [0.2, 0.25) is 0 Å². The van der Waals surface area contributed by atoms with E-state index in [0.717, 1.165) is 55.2 Å². The predicted octanol–water partition coefficient (Wildman–Crippen LogP) is 3.72. The minimum absolute atomic E-state index is 0.101. The van der Waals surface area contributed by atoms with E-state index in [1.807, 2.05) is 4.57 Å². The maximum Gasteiger partial charge on any atom is 0.316 e. The lowest BCUT2D eigenvalue weighted by Crippen LogP contribution is -2.29. The van der Waals surface area contributed by atoms with Crippen molar-refractivity contribution in [2.45, 2.75) is 62.6 Å². The Morgan fingerprint density at radius 3 is 2.84 bits per heavy atom. The molecule has 0 aromatic carbocycles. The molecular weight excluding hydrogens is 356 g/mol. The minimum Gasteiger partial charge on any atom is -0.468 e. The zero-order chi connectivity index (χ0) is 17.4. The van der Waals surface area contributed by atoms with Gasteiger partial charge in [0.1, 0.15) is 4.83 Å². The van der Waals surface area contributed by atoms with Crippen molar-refractivity contribution in [3.05, 3.63) is 20.8 Å². The van der Waals surface area contributed by atoms with Crippen LogP contribution in [0.15, 0.2) is 9.95 Å². The second-order valence-corrected chi connectivity index (χ2v) is 8.79. The van der Waals surface area contributed by atoms with Crippen molar-refractivity contribution in [1.82, 2.24) is 9.55 Å². The van der Waals surface area contributed by atoms with Gasteiger partial charge in [0.2, 0.25) is 0 Å². The van der Waals surface area contributed by atoms with Crippen LogP contribution < -0.4 is 5.56 Å². The lowest BCUT2D eigenvalue weighted by Gasteiger charge is -2.25. The number of carbonyl (C=O) groups is 1. The number of carbonyl (C=O) groups excluding carboxylic acids is 1. The highest BCUT2D eigenvalue weighted by Gasteiger charge is 2.27. The number of hydrogen-bond donors (Lipinski definition) is 0. The molecule has 2 aromatic heterocycles. The number of aromatic nitrogens is 2. The first-order chi connectivity index (χ1) is 12.2. The van der Waals surface area contributed by atoms with Crippen LogP contribution in [0.3, 0.4) is 0 Å². The average molecular weight is 379 g/mol. The third-order valence-corrected chi connectivity index (χ3v) is 7.34. The molecule has 0 aliphatic heterocycles. The van der Waals surface area contributed by atoms with Crippen molar-refractivity contribution < 1.29 is 9.53 Å². The third kappa shape index (κ3) is 3.12. The van der Waals surface area contributed by atoms with Crippen LogP contribution in [0.1, 0.15) is 55.0 Å². The fourth-order valence-corrected chi connectivity index (χ4v) is 6.18. The number of nitrogens with zero attached hydrogens (tertiary/aromatic N) is 2. The highest BCUT2D eigenvalue weighted by molar-refractivity contribution is 7.99. The molecule has 0 bridgehead atoms.